The molecule has 0 aliphatic rings. The van der Waals surface area contributed by atoms with Crippen LogP contribution in [0.15, 0.2) is 47.0 Å². The largest absolute Gasteiger partial charge is 0.504 e. The summed E-state index contributed by atoms with van der Waals surface area (Å²) in [6.07, 6.45) is 0. The summed E-state index contributed by atoms with van der Waals surface area (Å²) < 4.78 is 15.8. The molecule has 7 heteroatoms. The number of phenolic OH excluding ortho intramolecular Hbond substituents is 1. The molecule has 140 valence electrons. The molecule has 0 unspecified atom stereocenters. The molecule has 0 radical (unpaired) electrons. The Morgan fingerprint density at radius 3 is 2.52 bits per heavy atom. The van der Waals surface area contributed by atoms with Crippen molar-refractivity contribution in [3.63, 3.8) is 0 Å². The number of aryl methyl sites for hydroxylation is 2. The highest BCUT2D eigenvalue weighted by atomic mass is 16.5. The number of benzene rings is 2. The van der Waals surface area contributed by atoms with Crippen molar-refractivity contribution in [3.8, 4) is 17.2 Å². The van der Waals surface area contributed by atoms with Gasteiger partial charge in [0.25, 0.3) is 5.91 Å². The van der Waals surface area contributed by atoms with Crippen LogP contribution in [-0.4, -0.2) is 23.3 Å². The molecule has 1 heterocycles. The molecule has 0 spiro atoms. The lowest BCUT2D eigenvalue weighted by molar-refractivity contribution is 0.102. The van der Waals surface area contributed by atoms with E-state index in [1.807, 2.05) is 13.8 Å². The van der Waals surface area contributed by atoms with Crippen molar-refractivity contribution in [2.45, 2.75) is 20.5 Å². The molecule has 1 amide bonds. The number of phenols is 1. The molecule has 0 saturated heterocycles. The van der Waals surface area contributed by atoms with Crippen LogP contribution in [0.3, 0.4) is 0 Å². The Kier molecular flexibility index (Phi) is 5.30. The van der Waals surface area contributed by atoms with Crippen LogP contribution in [0.2, 0.25) is 0 Å². The van der Waals surface area contributed by atoms with E-state index in [0.717, 1.165) is 17.0 Å². The minimum atomic E-state index is -0.295. The molecule has 2 aromatic carbocycles. The Morgan fingerprint density at radius 2 is 1.93 bits per heavy atom. The number of carbonyl (C=O) groups excluding carboxylic acids is 1. The van der Waals surface area contributed by atoms with Gasteiger partial charge in [0.2, 0.25) is 0 Å². The molecule has 3 aromatic rings. The summed E-state index contributed by atoms with van der Waals surface area (Å²) in [5.41, 5.74) is 2.65. The summed E-state index contributed by atoms with van der Waals surface area (Å²) >= 11 is 0. The first kappa shape index (κ1) is 18.3. The number of methoxy groups -OCH3 is 1. The quantitative estimate of drug-likeness (QED) is 0.687. The Morgan fingerprint density at radius 1 is 1.19 bits per heavy atom. The van der Waals surface area contributed by atoms with Crippen LogP contribution >= 0.6 is 0 Å². The number of aromatic nitrogens is 1. The van der Waals surface area contributed by atoms with Crippen molar-refractivity contribution in [2.24, 2.45) is 0 Å². The second kappa shape index (κ2) is 7.82. The number of anilines is 1. The number of hydrogen-bond acceptors (Lipinski definition) is 6. The Labute approximate surface area is 156 Å². The lowest BCUT2D eigenvalue weighted by Gasteiger charge is -2.09. The summed E-state index contributed by atoms with van der Waals surface area (Å²) in [5, 5.41) is 16.4. The van der Waals surface area contributed by atoms with Gasteiger partial charge in [-0.3, -0.25) is 4.79 Å². The SMILES string of the molecule is COc1ccc(NC(=O)c2ccc(OCc3c(C)noc3C)cc2)cc1O. The molecule has 0 aliphatic heterocycles. The minimum absolute atomic E-state index is 0.0432. The van der Waals surface area contributed by atoms with Gasteiger partial charge in [-0.15, -0.1) is 0 Å². The van der Waals surface area contributed by atoms with Gasteiger partial charge in [-0.2, -0.15) is 0 Å². The van der Waals surface area contributed by atoms with Crippen molar-refractivity contribution >= 4 is 11.6 Å². The van der Waals surface area contributed by atoms with Gasteiger partial charge in [0.15, 0.2) is 11.5 Å². The first-order chi connectivity index (χ1) is 13.0. The van der Waals surface area contributed by atoms with Crippen molar-refractivity contribution in [1.82, 2.24) is 5.16 Å². The van der Waals surface area contributed by atoms with E-state index in [4.69, 9.17) is 14.0 Å². The molecule has 0 fully saturated rings. The van der Waals surface area contributed by atoms with E-state index in [0.29, 0.717) is 29.4 Å². The van der Waals surface area contributed by atoms with Gasteiger partial charge in [-0.1, -0.05) is 5.16 Å². The van der Waals surface area contributed by atoms with Crippen LogP contribution in [-0.2, 0) is 6.61 Å². The third-order valence-electron chi connectivity index (χ3n) is 4.12. The molecule has 0 atom stereocenters. The third-order valence-corrected chi connectivity index (χ3v) is 4.12. The van der Waals surface area contributed by atoms with E-state index in [1.165, 1.54) is 13.2 Å². The number of amides is 1. The zero-order valence-electron chi connectivity index (χ0n) is 15.3. The third kappa shape index (κ3) is 4.20. The first-order valence-electron chi connectivity index (χ1n) is 8.31. The van der Waals surface area contributed by atoms with Gasteiger partial charge in [0.05, 0.1) is 18.4 Å². The molecule has 0 bridgehead atoms. The van der Waals surface area contributed by atoms with Gasteiger partial charge in [-0.05, 0) is 50.2 Å². The molecule has 2 N–H and O–H groups in total. The van der Waals surface area contributed by atoms with Crippen molar-refractivity contribution < 1.29 is 23.9 Å². The lowest BCUT2D eigenvalue weighted by Crippen LogP contribution is -2.11. The fraction of sp³-hybridized carbons (Fsp3) is 0.200. The maximum atomic E-state index is 12.3. The number of ether oxygens (including phenoxy) is 2. The van der Waals surface area contributed by atoms with E-state index >= 15 is 0 Å². The lowest BCUT2D eigenvalue weighted by atomic mass is 10.2. The number of nitrogens with one attached hydrogen (secondary N) is 1. The molecule has 27 heavy (non-hydrogen) atoms. The van der Waals surface area contributed by atoms with Gasteiger partial charge < -0.3 is 24.4 Å². The molecule has 3 rings (SSSR count). The monoisotopic (exact) mass is 368 g/mol. The van der Waals surface area contributed by atoms with E-state index in [-0.39, 0.29) is 11.7 Å². The average molecular weight is 368 g/mol. The summed E-state index contributed by atoms with van der Waals surface area (Å²) in [6, 6.07) is 11.4. The van der Waals surface area contributed by atoms with Gasteiger partial charge in [0.1, 0.15) is 18.1 Å². The van der Waals surface area contributed by atoms with Crippen LogP contribution in [0.25, 0.3) is 0 Å². The second-order valence-electron chi connectivity index (χ2n) is 5.96. The van der Waals surface area contributed by atoms with Gasteiger partial charge in [-0.25, -0.2) is 0 Å². The predicted molar refractivity (Wildman–Crippen MR) is 99.4 cm³/mol. The predicted octanol–water partition coefficient (Wildman–Crippen LogP) is 3.84. The molecule has 1 aromatic heterocycles. The van der Waals surface area contributed by atoms with Crippen molar-refractivity contribution in [3.05, 3.63) is 65.0 Å². The summed E-state index contributed by atoms with van der Waals surface area (Å²) in [6.45, 7) is 4.04. The van der Waals surface area contributed by atoms with Crippen molar-refractivity contribution in [2.75, 3.05) is 12.4 Å². The molecule has 7 nitrogen and oxygen atoms in total. The Hall–Kier alpha value is -3.48. The summed E-state index contributed by atoms with van der Waals surface area (Å²) in [4.78, 5) is 12.3. The molecule has 0 saturated carbocycles. The highest BCUT2D eigenvalue weighted by molar-refractivity contribution is 6.04. The first-order valence-corrected chi connectivity index (χ1v) is 8.31. The topological polar surface area (TPSA) is 93.8 Å². The molecular weight excluding hydrogens is 348 g/mol. The van der Waals surface area contributed by atoms with E-state index in [2.05, 4.69) is 10.5 Å². The summed E-state index contributed by atoms with van der Waals surface area (Å²) in [7, 11) is 1.46. The Balaban J connectivity index is 1.62. The normalized spacial score (nSPS) is 10.5. The minimum Gasteiger partial charge on any atom is -0.504 e. The Bertz CT molecular complexity index is 928. The van der Waals surface area contributed by atoms with Crippen molar-refractivity contribution in [1.29, 1.82) is 0 Å². The van der Waals surface area contributed by atoms with Crippen LogP contribution in [0, 0.1) is 13.8 Å². The van der Waals surface area contributed by atoms with E-state index in [1.54, 1.807) is 36.4 Å². The number of rotatable bonds is 6. The van der Waals surface area contributed by atoms with Crippen LogP contribution in [0.1, 0.15) is 27.4 Å². The van der Waals surface area contributed by atoms with Crippen LogP contribution in [0.4, 0.5) is 5.69 Å². The summed E-state index contributed by atoms with van der Waals surface area (Å²) in [5.74, 6) is 1.36. The molecule has 0 aliphatic carbocycles. The highest BCUT2D eigenvalue weighted by Crippen LogP contribution is 2.28. The zero-order chi connectivity index (χ0) is 19.4. The fourth-order valence-corrected chi connectivity index (χ4v) is 2.54. The maximum Gasteiger partial charge on any atom is 0.255 e. The number of hydrogen-bond donors (Lipinski definition) is 2. The fourth-order valence-electron chi connectivity index (χ4n) is 2.54. The van der Waals surface area contributed by atoms with E-state index in [9.17, 15) is 9.90 Å². The zero-order valence-corrected chi connectivity index (χ0v) is 15.3. The standard InChI is InChI=1S/C20H20N2O5/c1-12-17(13(2)27-22-12)11-26-16-7-4-14(5-8-16)20(24)21-15-6-9-19(25-3)18(23)10-15/h4-10,23H,11H2,1-3H3,(H,21,24). The smallest absolute Gasteiger partial charge is 0.255 e. The maximum absolute atomic E-state index is 12.3. The van der Waals surface area contributed by atoms with Crippen LogP contribution in [0.5, 0.6) is 17.2 Å². The highest BCUT2D eigenvalue weighted by Gasteiger charge is 2.11. The number of carbonyl (C=O) groups is 1. The molecular formula is C20H20N2O5. The van der Waals surface area contributed by atoms with Gasteiger partial charge >= 0.3 is 0 Å². The number of aromatic hydroxyl groups is 1. The van der Waals surface area contributed by atoms with Crippen LogP contribution < -0.4 is 14.8 Å². The number of nitrogens with zero attached hydrogens (tertiary/aromatic N) is 1. The average Bonchev–Trinajstić information content (AvgIpc) is 2.98. The van der Waals surface area contributed by atoms with E-state index < -0.39 is 0 Å². The second-order valence-corrected chi connectivity index (χ2v) is 5.96. The van der Waals surface area contributed by atoms with Gasteiger partial charge in [0, 0.05) is 17.3 Å².